The molecule has 148 valence electrons. The molecule has 0 bridgehead atoms. The Morgan fingerprint density at radius 3 is 2.75 bits per heavy atom. The maximum absolute atomic E-state index is 10.2. The van der Waals surface area contributed by atoms with Gasteiger partial charge in [-0.2, -0.15) is 0 Å². The summed E-state index contributed by atoms with van der Waals surface area (Å²) in [5, 5.41) is 17.7. The van der Waals surface area contributed by atoms with Gasteiger partial charge in [0.15, 0.2) is 10.8 Å². The van der Waals surface area contributed by atoms with Crippen molar-refractivity contribution in [2.75, 3.05) is 7.11 Å². The van der Waals surface area contributed by atoms with Crippen LogP contribution in [-0.4, -0.2) is 28.6 Å². The van der Waals surface area contributed by atoms with Gasteiger partial charge in [-0.05, 0) is 49.8 Å². The molecule has 2 atom stereocenters. The average Bonchev–Trinajstić information content (AvgIpc) is 2.61. The SMILES string of the molecule is COc1cccc(C2CC3(CC(C)(C)NC(=S)N3)Oc3cc(O)c(Cl)cc32)c1. The highest BCUT2D eigenvalue weighted by Gasteiger charge is 2.48. The van der Waals surface area contributed by atoms with E-state index >= 15 is 0 Å². The van der Waals surface area contributed by atoms with Crippen LogP contribution in [0.3, 0.4) is 0 Å². The molecule has 5 nitrogen and oxygen atoms in total. The first-order valence-electron chi connectivity index (χ1n) is 9.16. The molecule has 3 N–H and O–H groups in total. The fraction of sp³-hybridized carbons (Fsp3) is 0.381. The Bertz CT molecular complexity index is 949. The third-order valence-corrected chi connectivity index (χ3v) is 5.82. The summed E-state index contributed by atoms with van der Waals surface area (Å²) in [4.78, 5) is 0. The molecule has 0 aliphatic carbocycles. The van der Waals surface area contributed by atoms with Crippen LogP contribution in [0.5, 0.6) is 17.2 Å². The molecule has 28 heavy (non-hydrogen) atoms. The van der Waals surface area contributed by atoms with E-state index in [0.717, 1.165) is 16.9 Å². The van der Waals surface area contributed by atoms with Crippen molar-refractivity contribution in [1.82, 2.24) is 10.6 Å². The van der Waals surface area contributed by atoms with Gasteiger partial charge in [-0.15, -0.1) is 0 Å². The normalized spacial score (nSPS) is 25.3. The Morgan fingerprint density at radius 1 is 1.25 bits per heavy atom. The summed E-state index contributed by atoms with van der Waals surface area (Å²) in [6.07, 6.45) is 1.36. The van der Waals surface area contributed by atoms with Gasteiger partial charge >= 0.3 is 0 Å². The number of thiocarbonyl (C=S) groups is 1. The second-order valence-corrected chi connectivity index (χ2v) is 8.93. The number of hydrogen-bond acceptors (Lipinski definition) is 4. The predicted octanol–water partition coefficient (Wildman–Crippen LogP) is 4.31. The molecule has 1 saturated heterocycles. The lowest BCUT2D eigenvalue weighted by molar-refractivity contribution is -0.0128. The minimum atomic E-state index is -0.688. The van der Waals surface area contributed by atoms with E-state index in [9.17, 15) is 5.11 Å². The average molecular weight is 419 g/mol. The Hall–Kier alpha value is -2.18. The van der Waals surface area contributed by atoms with Crippen LogP contribution in [0.2, 0.25) is 5.02 Å². The van der Waals surface area contributed by atoms with E-state index in [1.807, 2.05) is 18.2 Å². The number of methoxy groups -OCH3 is 1. The van der Waals surface area contributed by atoms with E-state index < -0.39 is 5.72 Å². The van der Waals surface area contributed by atoms with Crippen LogP contribution in [0.15, 0.2) is 36.4 Å². The third-order valence-electron chi connectivity index (χ3n) is 5.31. The Kier molecular flexibility index (Phi) is 4.59. The highest BCUT2D eigenvalue weighted by molar-refractivity contribution is 7.80. The molecule has 1 spiro atoms. The zero-order valence-electron chi connectivity index (χ0n) is 16.0. The van der Waals surface area contributed by atoms with E-state index in [4.69, 9.17) is 33.3 Å². The third kappa shape index (κ3) is 3.47. The van der Waals surface area contributed by atoms with Gasteiger partial charge in [0.2, 0.25) is 0 Å². The van der Waals surface area contributed by atoms with Gasteiger partial charge in [0.1, 0.15) is 17.2 Å². The number of nitrogens with one attached hydrogen (secondary N) is 2. The highest BCUT2D eigenvalue weighted by atomic mass is 35.5. The lowest BCUT2D eigenvalue weighted by atomic mass is 9.77. The predicted molar refractivity (Wildman–Crippen MR) is 113 cm³/mol. The molecule has 0 radical (unpaired) electrons. The van der Waals surface area contributed by atoms with Crippen LogP contribution in [0, 0.1) is 0 Å². The second-order valence-electron chi connectivity index (χ2n) is 8.11. The molecule has 2 unspecified atom stereocenters. The molecule has 2 aromatic carbocycles. The topological polar surface area (TPSA) is 62.8 Å². The first-order chi connectivity index (χ1) is 13.2. The maximum atomic E-state index is 10.2. The summed E-state index contributed by atoms with van der Waals surface area (Å²) in [5.74, 6) is 1.39. The van der Waals surface area contributed by atoms with Crippen LogP contribution in [-0.2, 0) is 0 Å². The minimum Gasteiger partial charge on any atom is -0.506 e. The smallest absolute Gasteiger partial charge is 0.185 e. The summed E-state index contributed by atoms with van der Waals surface area (Å²) in [6, 6.07) is 11.4. The number of phenols is 1. The standard InChI is InChI=1S/C21H23ClN2O3S/c1-20(2)11-21(24-19(28)23-20)10-15(12-5-4-6-13(7-12)26-3)14-8-16(22)17(25)9-18(14)27-21/h4-9,15,25H,10-11H2,1-3H3,(H2,23,24,28). The fourth-order valence-electron chi connectivity index (χ4n) is 4.30. The Morgan fingerprint density at radius 2 is 2.04 bits per heavy atom. The molecule has 1 fully saturated rings. The molecule has 2 heterocycles. The second kappa shape index (κ2) is 6.71. The number of rotatable bonds is 2. The first kappa shape index (κ1) is 19.2. The summed E-state index contributed by atoms with van der Waals surface area (Å²) < 4.78 is 11.8. The van der Waals surface area contributed by atoms with E-state index in [2.05, 4.69) is 30.5 Å². The Balaban J connectivity index is 1.85. The molecule has 0 saturated carbocycles. The van der Waals surface area contributed by atoms with Crippen LogP contribution in [0.25, 0.3) is 0 Å². The number of aromatic hydroxyl groups is 1. The summed E-state index contributed by atoms with van der Waals surface area (Å²) >= 11 is 11.7. The van der Waals surface area contributed by atoms with Gasteiger partial charge in [0.05, 0.1) is 12.1 Å². The van der Waals surface area contributed by atoms with Gasteiger partial charge in [0, 0.05) is 35.9 Å². The van der Waals surface area contributed by atoms with Crippen LogP contribution in [0.4, 0.5) is 0 Å². The van der Waals surface area contributed by atoms with Crippen molar-refractivity contribution >= 4 is 28.9 Å². The number of halogens is 1. The van der Waals surface area contributed by atoms with Crippen molar-refractivity contribution in [2.24, 2.45) is 0 Å². The van der Waals surface area contributed by atoms with Crippen molar-refractivity contribution in [1.29, 1.82) is 0 Å². The largest absolute Gasteiger partial charge is 0.506 e. The molecular formula is C21H23ClN2O3S. The van der Waals surface area contributed by atoms with Gasteiger partial charge in [-0.3, -0.25) is 0 Å². The summed E-state index contributed by atoms with van der Waals surface area (Å²) in [6.45, 7) is 4.20. The molecular weight excluding hydrogens is 396 g/mol. The fourth-order valence-corrected chi connectivity index (χ4v) is 4.93. The molecule has 2 aromatic rings. The van der Waals surface area contributed by atoms with Crippen molar-refractivity contribution in [3.8, 4) is 17.2 Å². The molecule has 2 aliphatic heterocycles. The number of fused-ring (bicyclic) bond motifs is 1. The lowest BCUT2D eigenvalue weighted by Crippen LogP contribution is -2.69. The van der Waals surface area contributed by atoms with Gasteiger partial charge < -0.3 is 25.2 Å². The molecule has 4 rings (SSSR count). The van der Waals surface area contributed by atoms with E-state index in [-0.39, 0.29) is 17.2 Å². The maximum Gasteiger partial charge on any atom is 0.185 e. The highest BCUT2D eigenvalue weighted by Crippen LogP contribution is 2.49. The monoisotopic (exact) mass is 418 g/mol. The lowest BCUT2D eigenvalue weighted by Gasteiger charge is -2.50. The number of hydrogen-bond donors (Lipinski definition) is 3. The zero-order chi connectivity index (χ0) is 20.1. The van der Waals surface area contributed by atoms with Gasteiger partial charge in [-0.25, -0.2) is 0 Å². The van der Waals surface area contributed by atoms with Crippen LogP contribution in [0.1, 0.15) is 43.7 Å². The van der Waals surface area contributed by atoms with Crippen LogP contribution < -0.4 is 20.1 Å². The van der Waals surface area contributed by atoms with E-state index in [0.29, 0.717) is 28.7 Å². The minimum absolute atomic E-state index is 0.00106. The molecule has 2 aliphatic rings. The van der Waals surface area contributed by atoms with Crippen molar-refractivity contribution < 1.29 is 14.6 Å². The van der Waals surface area contributed by atoms with Gasteiger partial charge in [0.25, 0.3) is 0 Å². The molecule has 7 heteroatoms. The molecule has 0 aromatic heterocycles. The van der Waals surface area contributed by atoms with Crippen molar-refractivity contribution in [3.05, 3.63) is 52.5 Å². The van der Waals surface area contributed by atoms with Crippen molar-refractivity contribution in [2.45, 2.75) is 43.9 Å². The van der Waals surface area contributed by atoms with E-state index in [1.165, 1.54) is 0 Å². The van der Waals surface area contributed by atoms with Crippen LogP contribution >= 0.6 is 23.8 Å². The van der Waals surface area contributed by atoms with Crippen molar-refractivity contribution in [3.63, 3.8) is 0 Å². The van der Waals surface area contributed by atoms with Gasteiger partial charge in [-0.1, -0.05) is 23.7 Å². The first-order valence-corrected chi connectivity index (χ1v) is 9.95. The number of phenolic OH excluding ortho intramolecular Hbond substituents is 1. The quantitative estimate of drug-likeness (QED) is 0.631. The van der Waals surface area contributed by atoms with E-state index in [1.54, 1.807) is 19.2 Å². The Labute approximate surface area is 175 Å². The zero-order valence-corrected chi connectivity index (χ0v) is 17.6. The number of ether oxygens (including phenoxy) is 2. The number of benzene rings is 2. The summed E-state index contributed by atoms with van der Waals surface area (Å²) in [5.41, 5.74) is 1.11. The molecule has 0 amide bonds. The summed E-state index contributed by atoms with van der Waals surface area (Å²) in [7, 11) is 1.66.